The molecule has 1 rings (SSSR count). The zero-order valence-electron chi connectivity index (χ0n) is 12.6. The van der Waals surface area contributed by atoms with E-state index in [1.807, 2.05) is 32.9 Å². The summed E-state index contributed by atoms with van der Waals surface area (Å²) in [5, 5.41) is 7.46. The Morgan fingerprint density at radius 1 is 1.24 bits per heavy atom. The summed E-state index contributed by atoms with van der Waals surface area (Å²) in [5.41, 5.74) is 3.11. The number of amides is 1. The van der Waals surface area contributed by atoms with Crippen LogP contribution in [0.1, 0.15) is 23.1 Å². The summed E-state index contributed by atoms with van der Waals surface area (Å²) in [5.74, 6) is 0.272. The van der Waals surface area contributed by atoms with Crippen LogP contribution in [0.5, 0.6) is 5.75 Å². The van der Waals surface area contributed by atoms with Crippen molar-refractivity contribution in [3.63, 3.8) is 0 Å². The lowest BCUT2D eigenvalue weighted by atomic mass is 10.1. The maximum atomic E-state index is 11.6. The molecule has 7 heteroatoms. The highest BCUT2D eigenvalue weighted by Gasteiger charge is 2.08. The first-order chi connectivity index (χ1) is 9.69. The van der Waals surface area contributed by atoms with Crippen LogP contribution in [0.4, 0.5) is 0 Å². The Hall–Kier alpha value is -1.60. The summed E-state index contributed by atoms with van der Waals surface area (Å²) in [6.45, 7) is 6.02. The van der Waals surface area contributed by atoms with Gasteiger partial charge in [0.2, 0.25) is 10.0 Å². The zero-order chi connectivity index (χ0) is 16.0. The molecule has 0 atom stereocenters. The summed E-state index contributed by atoms with van der Waals surface area (Å²) in [7, 11) is -3.48. The molecule has 1 aromatic carbocycles. The van der Waals surface area contributed by atoms with Crippen molar-refractivity contribution in [1.82, 2.24) is 5.32 Å². The minimum atomic E-state index is -3.48. The Balaban J connectivity index is 2.40. The number of rotatable bonds is 7. The topological polar surface area (TPSA) is 98.5 Å². The van der Waals surface area contributed by atoms with Gasteiger partial charge in [-0.15, -0.1) is 0 Å². The first kappa shape index (κ1) is 17.5. The highest BCUT2D eigenvalue weighted by Crippen LogP contribution is 2.24. The molecule has 3 N–H and O–H groups in total. The van der Waals surface area contributed by atoms with Crippen LogP contribution in [0.15, 0.2) is 12.1 Å². The van der Waals surface area contributed by atoms with Crippen molar-refractivity contribution in [3.8, 4) is 5.75 Å². The van der Waals surface area contributed by atoms with Crippen LogP contribution < -0.4 is 15.2 Å². The van der Waals surface area contributed by atoms with Crippen LogP contribution in [-0.4, -0.2) is 33.2 Å². The third kappa shape index (κ3) is 6.59. The molecule has 1 amide bonds. The van der Waals surface area contributed by atoms with Gasteiger partial charge in [-0.2, -0.15) is 0 Å². The van der Waals surface area contributed by atoms with Gasteiger partial charge in [0, 0.05) is 6.54 Å². The van der Waals surface area contributed by atoms with E-state index in [2.05, 4.69) is 5.32 Å². The number of nitrogens with two attached hydrogens (primary N) is 1. The van der Waals surface area contributed by atoms with Crippen LogP contribution in [0.25, 0.3) is 0 Å². The van der Waals surface area contributed by atoms with E-state index in [0.717, 1.165) is 16.7 Å². The van der Waals surface area contributed by atoms with Crippen LogP contribution in [0, 0.1) is 20.8 Å². The summed E-state index contributed by atoms with van der Waals surface area (Å²) in [6, 6.07) is 3.98. The monoisotopic (exact) mass is 314 g/mol. The predicted octanol–water partition coefficient (Wildman–Crippen LogP) is 0.785. The van der Waals surface area contributed by atoms with E-state index in [0.29, 0.717) is 5.75 Å². The highest BCUT2D eigenvalue weighted by atomic mass is 32.2. The molecule has 0 bridgehead atoms. The van der Waals surface area contributed by atoms with Gasteiger partial charge in [0.05, 0.1) is 5.75 Å². The number of carbonyl (C=O) groups is 1. The molecular weight excluding hydrogens is 292 g/mol. The van der Waals surface area contributed by atoms with Crippen molar-refractivity contribution < 1.29 is 17.9 Å². The van der Waals surface area contributed by atoms with E-state index < -0.39 is 10.0 Å². The lowest BCUT2D eigenvalue weighted by Gasteiger charge is -2.13. The third-order valence-corrected chi connectivity index (χ3v) is 3.74. The summed E-state index contributed by atoms with van der Waals surface area (Å²) in [6.07, 6.45) is 0.285. The lowest BCUT2D eigenvalue weighted by molar-refractivity contribution is -0.123. The molecule has 0 radical (unpaired) electrons. The second kappa shape index (κ2) is 7.42. The van der Waals surface area contributed by atoms with Crippen LogP contribution >= 0.6 is 0 Å². The number of sulfonamides is 1. The molecule has 6 nitrogen and oxygen atoms in total. The van der Waals surface area contributed by atoms with E-state index >= 15 is 0 Å². The van der Waals surface area contributed by atoms with Gasteiger partial charge in [0.25, 0.3) is 5.91 Å². The molecule has 0 aliphatic carbocycles. The molecule has 1 aromatic rings. The molecule has 0 saturated carbocycles. The second-order valence-corrected chi connectivity index (χ2v) is 6.82. The largest absolute Gasteiger partial charge is 0.483 e. The summed E-state index contributed by atoms with van der Waals surface area (Å²) >= 11 is 0. The highest BCUT2D eigenvalue weighted by molar-refractivity contribution is 7.89. The number of hydrogen-bond donors (Lipinski definition) is 2. The van der Waals surface area contributed by atoms with E-state index in [1.54, 1.807) is 0 Å². The third-order valence-electron chi connectivity index (χ3n) is 2.88. The van der Waals surface area contributed by atoms with Gasteiger partial charge in [-0.05, 0) is 38.3 Å². The van der Waals surface area contributed by atoms with Crippen molar-refractivity contribution >= 4 is 15.9 Å². The van der Waals surface area contributed by atoms with Gasteiger partial charge in [-0.25, -0.2) is 13.6 Å². The van der Waals surface area contributed by atoms with Gasteiger partial charge in [-0.3, -0.25) is 4.79 Å². The number of primary sulfonamides is 1. The fraction of sp³-hybridized carbons (Fsp3) is 0.500. The predicted molar refractivity (Wildman–Crippen MR) is 81.7 cm³/mol. The summed E-state index contributed by atoms with van der Waals surface area (Å²) < 4.78 is 27.0. The van der Waals surface area contributed by atoms with Gasteiger partial charge >= 0.3 is 0 Å². The molecule has 0 heterocycles. The molecular formula is C14H22N2O4S. The molecule has 0 unspecified atom stereocenters. The van der Waals surface area contributed by atoms with Crippen LogP contribution in [-0.2, 0) is 14.8 Å². The average molecular weight is 314 g/mol. The van der Waals surface area contributed by atoms with Crippen molar-refractivity contribution in [3.05, 3.63) is 28.8 Å². The fourth-order valence-corrected chi connectivity index (χ4v) is 2.63. The molecule has 0 fully saturated rings. The molecule has 0 spiro atoms. The number of nitrogens with one attached hydrogen (secondary N) is 1. The number of carbonyl (C=O) groups excluding carboxylic acids is 1. The minimum absolute atomic E-state index is 0.0971. The van der Waals surface area contributed by atoms with Crippen molar-refractivity contribution in [2.24, 2.45) is 5.14 Å². The summed E-state index contributed by atoms with van der Waals surface area (Å²) in [4.78, 5) is 11.6. The molecule has 0 aliphatic rings. The van der Waals surface area contributed by atoms with Gasteiger partial charge < -0.3 is 10.1 Å². The number of aryl methyl sites for hydroxylation is 3. The average Bonchev–Trinajstić information content (AvgIpc) is 2.32. The minimum Gasteiger partial charge on any atom is -0.483 e. The van der Waals surface area contributed by atoms with Crippen molar-refractivity contribution in [1.29, 1.82) is 0 Å². The van der Waals surface area contributed by atoms with E-state index in [1.165, 1.54) is 0 Å². The molecule has 0 aliphatic heterocycles. The molecule has 0 saturated heterocycles. The number of benzene rings is 1. The normalized spacial score (nSPS) is 11.2. The zero-order valence-corrected chi connectivity index (χ0v) is 13.4. The Bertz CT molecular complexity index is 588. The van der Waals surface area contributed by atoms with Gasteiger partial charge in [-0.1, -0.05) is 17.7 Å². The Morgan fingerprint density at radius 2 is 1.81 bits per heavy atom. The SMILES string of the molecule is Cc1cc(C)c(OCC(=O)NCCCS(N)(=O)=O)c(C)c1. The molecule has 0 aromatic heterocycles. The van der Waals surface area contributed by atoms with E-state index in [4.69, 9.17) is 9.88 Å². The molecule has 118 valence electrons. The first-order valence-corrected chi connectivity index (χ1v) is 8.38. The van der Waals surface area contributed by atoms with E-state index in [-0.39, 0.29) is 31.2 Å². The number of ether oxygens (including phenoxy) is 1. The maximum Gasteiger partial charge on any atom is 0.257 e. The van der Waals surface area contributed by atoms with Gasteiger partial charge in [0.1, 0.15) is 5.75 Å². The van der Waals surface area contributed by atoms with Crippen LogP contribution in [0.2, 0.25) is 0 Å². The second-order valence-electron chi connectivity index (χ2n) is 5.09. The maximum absolute atomic E-state index is 11.6. The Labute approximate surface area is 125 Å². The van der Waals surface area contributed by atoms with Crippen molar-refractivity contribution in [2.75, 3.05) is 18.9 Å². The lowest BCUT2D eigenvalue weighted by Crippen LogP contribution is -2.31. The first-order valence-electron chi connectivity index (χ1n) is 6.67. The van der Waals surface area contributed by atoms with Crippen molar-refractivity contribution in [2.45, 2.75) is 27.2 Å². The Morgan fingerprint density at radius 3 is 2.33 bits per heavy atom. The van der Waals surface area contributed by atoms with E-state index in [9.17, 15) is 13.2 Å². The number of hydrogen-bond acceptors (Lipinski definition) is 4. The Kier molecular flexibility index (Phi) is 6.17. The van der Waals surface area contributed by atoms with Gasteiger partial charge in [0.15, 0.2) is 6.61 Å². The molecule has 21 heavy (non-hydrogen) atoms. The quantitative estimate of drug-likeness (QED) is 0.727. The standard InChI is InChI=1S/C14H22N2O4S/c1-10-7-11(2)14(12(3)8-10)20-9-13(17)16-5-4-6-21(15,18)19/h7-8H,4-6,9H2,1-3H3,(H,16,17)(H2,15,18,19). The smallest absolute Gasteiger partial charge is 0.257 e. The fourth-order valence-electron chi connectivity index (χ4n) is 2.08. The van der Waals surface area contributed by atoms with Crippen LogP contribution in [0.3, 0.4) is 0 Å².